The van der Waals surface area contributed by atoms with Crippen LogP contribution in [0.2, 0.25) is 0 Å². The Morgan fingerprint density at radius 3 is 2.33 bits per heavy atom. The van der Waals surface area contributed by atoms with Gasteiger partial charge >= 0.3 is 0 Å². The second-order valence-electron chi connectivity index (χ2n) is 8.05. The van der Waals surface area contributed by atoms with Crippen molar-refractivity contribution in [1.82, 2.24) is 9.55 Å². The van der Waals surface area contributed by atoms with Gasteiger partial charge in [0.25, 0.3) is 5.56 Å². The van der Waals surface area contributed by atoms with Crippen molar-refractivity contribution in [2.24, 2.45) is 5.92 Å². The highest BCUT2D eigenvalue weighted by atomic mass is 32.1. The fourth-order valence-electron chi connectivity index (χ4n) is 4.20. The fraction of sp³-hybridized carbons (Fsp3) is 0.478. The molecule has 3 aromatic rings. The summed E-state index contributed by atoms with van der Waals surface area (Å²) in [7, 11) is 4.76. The molecule has 2 heterocycles. The highest BCUT2D eigenvalue weighted by molar-refractivity contribution is 7.18. The maximum Gasteiger partial charge on any atom is 0.262 e. The minimum absolute atomic E-state index is 0.0526. The van der Waals surface area contributed by atoms with Crippen LogP contribution in [0.15, 0.2) is 16.9 Å². The first-order chi connectivity index (χ1) is 14.5. The van der Waals surface area contributed by atoms with Crippen LogP contribution in [-0.4, -0.2) is 30.9 Å². The van der Waals surface area contributed by atoms with Crippen molar-refractivity contribution in [2.45, 2.75) is 46.1 Å². The summed E-state index contributed by atoms with van der Waals surface area (Å²) in [6.07, 6.45) is 4.33. The number of ether oxygens (including phenoxy) is 3. The van der Waals surface area contributed by atoms with Crippen molar-refractivity contribution in [1.29, 1.82) is 0 Å². The number of thiophene rings is 1. The van der Waals surface area contributed by atoms with Crippen LogP contribution in [0, 0.1) is 5.92 Å². The molecule has 2 aromatic heterocycles. The lowest BCUT2D eigenvalue weighted by Gasteiger charge is -2.18. The van der Waals surface area contributed by atoms with Gasteiger partial charge in [-0.2, -0.15) is 0 Å². The molecule has 1 aliphatic carbocycles. The first kappa shape index (κ1) is 20.7. The Balaban J connectivity index is 2.02. The summed E-state index contributed by atoms with van der Waals surface area (Å²) in [6.45, 7) is 4.82. The minimum Gasteiger partial charge on any atom is -0.493 e. The smallest absolute Gasteiger partial charge is 0.262 e. The predicted molar refractivity (Wildman–Crippen MR) is 120 cm³/mol. The quantitative estimate of drug-likeness (QED) is 0.570. The van der Waals surface area contributed by atoms with Crippen molar-refractivity contribution in [3.8, 4) is 28.6 Å². The average Bonchev–Trinajstić information content (AvgIpc) is 3.12. The number of nitrogens with zero attached hydrogens (tertiary/aromatic N) is 2. The Morgan fingerprint density at radius 1 is 1.07 bits per heavy atom. The first-order valence-corrected chi connectivity index (χ1v) is 11.2. The maximum absolute atomic E-state index is 13.7. The molecule has 1 aliphatic rings. The summed E-state index contributed by atoms with van der Waals surface area (Å²) in [5.74, 6) is 2.55. The van der Waals surface area contributed by atoms with E-state index in [1.54, 1.807) is 32.7 Å². The van der Waals surface area contributed by atoms with Gasteiger partial charge in [-0.1, -0.05) is 13.8 Å². The monoisotopic (exact) mass is 428 g/mol. The highest BCUT2D eigenvalue weighted by Gasteiger charge is 2.24. The molecule has 7 heteroatoms. The zero-order valence-electron chi connectivity index (χ0n) is 18.2. The Labute approximate surface area is 180 Å². The molecule has 0 unspecified atom stereocenters. The molecule has 0 amide bonds. The van der Waals surface area contributed by atoms with E-state index >= 15 is 0 Å². The lowest BCUT2D eigenvalue weighted by atomic mass is 9.97. The van der Waals surface area contributed by atoms with Gasteiger partial charge in [0.05, 0.1) is 26.7 Å². The predicted octanol–water partition coefficient (Wildman–Crippen LogP) is 4.69. The number of aryl methyl sites for hydroxylation is 2. The summed E-state index contributed by atoms with van der Waals surface area (Å²) in [6, 6.07) is 3.72. The van der Waals surface area contributed by atoms with E-state index in [-0.39, 0.29) is 5.56 Å². The fourth-order valence-corrected chi connectivity index (χ4v) is 5.46. The highest BCUT2D eigenvalue weighted by Crippen LogP contribution is 2.41. The third kappa shape index (κ3) is 3.45. The second-order valence-corrected chi connectivity index (χ2v) is 9.13. The molecule has 0 atom stereocenters. The summed E-state index contributed by atoms with van der Waals surface area (Å²) in [5.41, 5.74) is 2.04. The molecule has 160 valence electrons. The number of methoxy groups -OCH3 is 3. The van der Waals surface area contributed by atoms with E-state index in [0.717, 1.165) is 35.0 Å². The van der Waals surface area contributed by atoms with E-state index in [2.05, 4.69) is 13.8 Å². The molecule has 0 saturated carbocycles. The number of hydrogen-bond donors (Lipinski definition) is 0. The average molecular weight is 429 g/mol. The van der Waals surface area contributed by atoms with Gasteiger partial charge in [0.2, 0.25) is 5.75 Å². The summed E-state index contributed by atoms with van der Waals surface area (Å²) >= 11 is 1.67. The molecule has 0 aliphatic heterocycles. The summed E-state index contributed by atoms with van der Waals surface area (Å²) in [4.78, 5) is 20.8. The first-order valence-electron chi connectivity index (χ1n) is 10.3. The maximum atomic E-state index is 13.7. The molecule has 1 aromatic carbocycles. The number of hydrogen-bond acceptors (Lipinski definition) is 6. The number of rotatable bonds is 6. The minimum atomic E-state index is 0.0526. The van der Waals surface area contributed by atoms with Crippen LogP contribution in [0.25, 0.3) is 21.6 Å². The molecule has 0 radical (unpaired) electrons. The standard InChI is InChI=1S/C23H28N2O4S/c1-13(2)12-25-21(14-10-16(27-3)20(29-5)17(11-14)28-4)24-22-19(23(25)26)15-8-6-7-9-18(15)30-22/h10-11,13H,6-9,12H2,1-5H3. The van der Waals surface area contributed by atoms with E-state index in [0.29, 0.717) is 35.5 Å². The number of aromatic nitrogens is 2. The second kappa shape index (κ2) is 8.30. The van der Waals surface area contributed by atoms with Gasteiger partial charge < -0.3 is 14.2 Å². The molecule has 0 saturated heterocycles. The molecule has 0 spiro atoms. The van der Waals surface area contributed by atoms with E-state index in [9.17, 15) is 4.79 Å². The van der Waals surface area contributed by atoms with Gasteiger partial charge in [0.15, 0.2) is 11.5 Å². The van der Waals surface area contributed by atoms with Crippen LogP contribution >= 0.6 is 11.3 Å². The van der Waals surface area contributed by atoms with Gasteiger partial charge in [-0.25, -0.2) is 4.98 Å². The van der Waals surface area contributed by atoms with Crippen LogP contribution in [-0.2, 0) is 19.4 Å². The largest absolute Gasteiger partial charge is 0.493 e. The normalized spacial score (nSPS) is 13.5. The molecule has 6 nitrogen and oxygen atoms in total. The van der Waals surface area contributed by atoms with Crippen LogP contribution in [0.1, 0.15) is 37.1 Å². The lowest BCUT2D eigenvalue weighted by Crippen LogP contribution is -2.26. The Morgan fingerprint density at radius 2 is 1.73 bits per heavy atom. The van der Waals surface area contributed by atoms with Crippen molar-refractivity contribution < 1.29 is 14.2 Å². The SMILES string of the molecule is COc1cc(-c2nc3sc4c(c3c(=O)n2CC(C)C)CCCC4)cc(OC)c1OC. The zero-order chi connectivity index (χ0) is 21.4. The molecule has 0 bridgehead atoms. The van der Waals surface area contributed by atoms with Crippen molar-refractivity contribution in [2.75, 3.05) is 21.3 Å². The van der Waals surface area contributed by atoms with Gasteiger partial charge in [-0.15, -0.1) is 11.3 Å². The van der Waals surface area contributed by atoms with E-state index in [1.165, 1.54) is 16.9 Å². The third-order valence-corrected chi connectivity index (χ3v) is 6.73. The zero-order valence-corrected chi connectivity index (χ0v) is 19.0. The molecule has 4 rings (SSSR count). The van der Waals surface area contributed by atoms with Crippen LogP contribution < -0.4 is 19.8 Å². The molecule has 0 fully saturated rings. The molecule has 0 N–H and O–H groups in total. The van der Waals surface area contributed by atoms with Crippen molar-refractivity contribution in [3.63, 3.8) is 0 Å². The van der Waals surface area contributed by atoms with Crippen LogP contribution in [0.4, 0.5) is 0 Å². The number of fused-ring (bicyclic) bond motifs is 3. The van der Waals surface area contributed by atoms with E-state index in [4.69, 9.17) is 19.2 Å². The molecule has 30 heavy (non-hydrogen) atoms. The van der Waals surface area contributed by atoms with Gasteiger partial charge in [-0.3, -0.25) is 9.36 Å². The van der Waals surface area contributed by atoms with Crippen LogP contribution in [0.5, 0.6) is 17.2 Å². The Bertz CT molecular complexity index is 1120. The van der Waals surface area contributed by atoms with Gasteiger partial charge in [0, 0.05) is 17.0 Å². The van der Waals surface area contributed by atoms with Crippen LogP contribution in [0.3, 0.4) is 0 Å². The van der Waals surface area contributed by atoms with Gasteiger partial charge in [0.1, 0.15) is 10.7 Å². The molecular formula is C23H28N2O4S. The number of benzene rings is 1. The Kier molecular flexibility index (Phi) is 5.73. The lowest BCUT2D eigenvalue weighted by molar-refractivity contribution is 0.324. The van der Waals surface area contributed by atoms with Gasteiger partial charge in [-0.05, 0) is 49.3 Å². The third-order valence-electron chi connectivity index (χ3n) is 5.55. The topological polar surface area (TPSA) is 62.6 Å². The summed E-state index contributed by atoms with van der Waals surface area (Å²) in [5, 5.41) is 0.812. The van der Waals surface area contributed by atoms with E-state index < -0.39 is 0 Å². The molecular weight excluding hydrogens is 400 g/mol. The summed E-state index contributed by atoms with van der Waals surface area (Å²) < 4.78 is 18.3. The van der Waals surface area contributed by atoms with Crippen molar-refractivity contribution in [3.05, 3.63) is 32.9 Å². The van der Waals surface area contributed by atoms with Crippen molar-refractivity contribution >= 4 is 21.6 Å². The Hall–Kier alpha value is -2.54. The van der Waals surface area contributed by atoms with E-state index in [1.807, 2.05) is 16.7 Å².